The van der Waals surface area contributed by atoms with Gasteiger partial charge in [-0.3, -0.25) is 5.41 Å². The van der Waals surface area contributed by atoms with Gasteiger partial charge in [0.15, 0.2) is 11.9 Å². The maximum atomic E-state index is 7.26. The molecular formula is C35H42N14O2. The molecule has 3 aromatic heterocycles. The third-order valence-electron chi connectivity index (χ3n) is 7.22. The Bertz CT molecular complexity index is 2260. The minimum atomic E-state index is -0.0783. The maximum absolute atomic E-state index is 7.26. The van der Waals surface area contributed by atoms with Crippen molar-refractivity contribution in [3.05, 3.63) is 82.9 Å². The van der Waals surface area contributed by atoms with E-state index in [4.69, 9.17) is 43.6 Å². The Labute approximate surface area is 294 Å². The summed E-state index contributed by atoms with van der Waals surface area (Å²) in [4.78, 5) is 33.5. The summed E-state index contributed by atoms with van der Waals surface area (Å²) in [7, 11) is 1.62. The summed E-state index contributed by atoms with van der Waals surface area (Å²) in [5, 5.41) is 10.1. The molecule has 16 heteroatoms. The van der Waals surface area contributed by atoms with Crippen LogP contribution in [-0.2, 0) is 6.42 Å². The number of amidine groups is 1. The summed E-state index contributed by atoms with van der Waals surface area (Å²) >= 11 is 0. The summed E-state index contributed by atoms with van der Waals surface area (Å²) in [6.07, 6.45) is 0.272. The first-order chi connectivity index (χ1) is 24.3. The zero-order valence-corrected chi connectivity index (χ0v) is 29.4. The van der Waals surface area contributed by atoms with Crippen LogP contribution in [0.15, 0.2) is 64.6 Å². The summed E-state index contributed by atoms with van der Waals surface area (Å²) in [5.74, 6) is 2.27. The van der Waals surface area contributed by atoms with Gasteiger partial charge in [-0.05, 0) is 63.9 Å². The number of aryl methyl sites for hydroxylation is 4. The standard InChI is InChI=1S/C12H15N5O.C12H14N4O.C11H13N5/c1-3-18-10-8-6-4-5-7(2)9(8)15-12(16-10)17-11(13)14;1-7-9-4-3-8(17-2)5-10(9)16-12(15-7)6-11(13)14;1-6-4-3-5-8-7(2)14-11(15-9(6)8)16-10(12)13/h4-6H,3H2,1-2H3,(H4,13,14,15,16,17);3-5H,6H2,1-2H3,(H3,13,14);3-5H,1-2H3,(H4,12,13,14,15,16). The van der Waals surface area contributed by atoms with E-state index in [9.17, 15) is 0 Å². The molecule has 6 aromatic rings. The number of hydrogen-bond acceptors (Lipinski definition) is 11. The molecule has 11 N–H and O–H groups in total. The van der Waals surface area contributed by atoms with Crippen LogP contribution in [0.3, 0.4) is 0 Å². The molecule has 3 aromatic carbocycles. The summed E-state index contributed by atoms with van der Waals surface area (Å²) < 4.78 is 10.7. The third-order valence-corrected chi connectivity index (χ3v) is 7.22. The third kappa shape index (κ3) is 9.69. The highest BCUT2D eigenvalue weighted by Crippen LogP contribution is 2.27. The van der Waals surface area contributed by atoms with Gasteiger partial charge in [0, 0.05) is 22.5 Å². The zero-order valence-electron chi connectivity index (χ0n) is 29.4. The number of ether oxygens (including phenoxy) is 2. The van der Waals surface area contributed by atoms with E-state index < -0.39 is 0 Å². The minimum Gasteiger partial charge on any atom is -0.497 e. The van der Waals surface area contributed by atoms with E-state index in [1.165, 1.54) is 0 Å². The fraction of sp³-hybridized carbons (Fsp3) is 0.229. The molecule has 0 fully saturated rings. The lowest BCUT2D eigenvalue weighted by molar-refractivity contribution is 0.331. The van der Waals surface area contributed by atoms with Crippen molar-refractivity contribution in [2.75, 3.05) is 13.7 Å². The van der Waals surface area contributed by atoms with Gasteiger partial charge in [0.05, 0.1) is 53.6 Å². The van der Waals surface area contributed by atoms with Crippen molar-refractivity contribution in [2.24, 2.45) is 38.7 Å². The number of guanidine groups is 2. The average molecular weight is 691 g/mol. The molecule has 0 bridgehead atoms. The molecule has 0 saturated carbocycles. The summed E-state index contributed by atoms with van der Waals surface area (Å²) in [6.45, 7) is 10.2. The van der Waals surface area contributed by atoms with Crippen molar-refractivity contribution < 1.29 is 9.47 Å². The highest BCUT2D eigenvalue weighted by Gasteiger charge is 2.10. The first-order valence-corrected chi connectivity index (χ1v) is 15.8. The van der Waals surface area contributed by atoms with E-state index in [1.807, 2.05) is 89.2 Å². The summed E-state index contributed by atoms with van der Waals surface area (Å²) in [5.41, 5.74) is 33.0. The minimum absolute atomic E-state index is 0.0349. The monoisotopic (exact) mass is 690 g/mol. The van der Waals surface area contributed by atoms with Gasteiger partial charge in [0.1, 0.15) is 11.6 Å². The van der Waals surface area contributed by atoms with Crippen LogP contribution in [0.1, 0.15) is 35.3 Å². The largest absolute Gasteiger partial charge is 0.497 e. The smallest absolute Gasteiger partial charge is 0.256 e. The molecule has 51 heavy (non-hydrogen) atoms. The van der Waals surface area contributed by atoms with Crippen LogP contribution in [-0.4, -0.2) is 61.4 Å². The summed E-state index contributed by atoms with van der Waals surface area (Å²) in [6, 6.07) is 17.4. The van der Waals surface area contributed by atoms with Crippen LogP contribution < -0.4 is 38.1 Å². The van der Waals surface area contributed by atoms with Crippen molar-refractivity contribution in [1.82, 2.24) is 29.9 Å². The van der Waals surface area contributed by atoms with Gasteiger partial charge >= 0.3 is 0 Å². The zero-order chi connectivity index (χ0) is 37.2. The van der Waals surface area contributed by atoms with Crippen molar-refractivity contribution in [3.8, 4) is 11.6 Å². The first-order valence-electron chi connectivity index (χ1n) is 15.8. The van der Waals surface area contributed by atoms with Crippen LogP contribution >= 0.6 is 0 Å². The van der Waals surface area contributed by atoms with E-state index in [-0.39, 0.29) is 30.1 Å². The Kier molecular flexibility index (Phi) is 12.1. The quantitative estimate of drug-likeness (QED) is 0.103. The predicted octanol–water partition coefficient (Wildman–Crippen LogP) is 3.82. The molecule has 0 radical (unpaired) electrons. The SMILES string of the molecule is CCOc1nc(N=C(N)N)nc2c(C)cccc12.COc1ccc2c(C)nc(CC(=N)N)nc2c1.Cc1nc(N=C(N)N)nc2c(C)cccc12. The molecule has 0 unspecified atom stereocenters. The number of aliphatic imine (C=N–C) groups is 2. The van der Waals surface area contributed by atoms with Gasteiger partial charge < -0.3 is 38.1 Å². The number of aromatic nitrogens is 6. The maximum Gasteiger partial charge on any atom is 0.256 e. The second-order valence-electron chi connectivity index (χ2n) is 11.2. The Hall–Kier alpha value is -6.71. The van der Waals surface area contributed by atoms with Crippen LogP contribution in [0.4, 0.5) is 11.9 Å². The van der Waals surface area contributed by atoms with E-state index in [2.05, 4.69) is 39.9 Å². The van der Waals surface area contributed by atoms with E-state index >= 15 is 0 Å². The number of nitrogens with two attached hydrogens (primary N) is 5. The van der Waals surface area contributed by atoms with Gasteiger partial charge in [0.2, 0.25) is 5.88 Å². The van der Waals surface area contributed by atoms with E-state index in [0.717, 1.165) is 61.0 Å². The highest BCUT2D eigenvalue weighted by atomic mass is 16.5. The Morgan fingerprint density at radius 3 is 1.82 bits per heavy atom. The number of nitrogens with one attached hydrogen (secondary N) is 1. The molecule has 0 aliphatic heterocycles. The highest BCUT2D eigenvalue weighted by molar-refractivity contribution is 5.88. The number of hydrogen-bond donors (Lipinski definition) is 6. The molecule has 264 valence electrons. The van der Waals surface area contributed by atoms with Crippen LogP contribution in [0.5, 0.6) is 11.6 Å². The van der Waals surface area contributed by atoms with Crippen molar-refractivity contribution in [2.45, 2.75) is 41.0 Å². The number of methoxy groups -OCH3 is 1. The molecule has 0 spiro atoms. The van der Waals surface area contributed by atoms with Crippen LogP contribution in [0, 0.1) is 33.1 Å². The lowest BCUT2D eigenvalue weighted by Crippen LogP contribution is -2.22. The Balaban J connectivity index is 0.000000172. The van der Waals surface area contributed by atoms with Gasteiger partial charge in [-0.15, -0.1) is 0 Å². The van der Waals surface area contributed by atoms with E-state index in [1.54, 1.807) is 7.11 Å². The Morgan fingerprint density at radius 1 is 0.686 bits per heavy atom. The molecular weight excluding hydrogens is 648 g/mol. The van der Waals surface area contributed by atoms with Crippen molar-refractivity contribution in [3.63, 3.8) is 0 Å². The fourth-order valence-electron chi connectivity index (χ4n) is 4.97. The average Bonchev–Trinajstić information content (AvgIpc) is 3.05. The van der Waals surface area contributed by atoms with Crippen molar-refractivity contribution in [1.29, 1.82) is 5.41 Å². The number of nitrogens with zero attached hydrogens (tertiary/aromatic N) is 8. The lowest BCUT2D eigenvalue weighted by atomic mass is 10.1. The molecule has 3 heterocycles. The normalized spacial score (nSPS) is 10.4. The molecule has 0 aliphatic carbocycles. The molecule has 0 atom stereocenters. The number of fused-ring (bicyclic) bond motifs is 3. The van der Waals surface area contributed by atoms with Crippen molar-refractivity contribution >= 4 is 62.4 Å². The lowest BCUT2D eigenvalue weighted by Gasteiger charge is -2.08. The second kappa shape index (κ2) is 16.6. The molecule has 6 rings (SSSR count). The van der Waals surface area contributed by atoms with Gasteiger partial charge in [0.25, 0.3) is 11.9 Å². The van der Waals surface area contributed by atoms with Crippen LogP contribution in [0.2, 0.25) is 0 Å². The Morgan fingerprint density at radius 2 is 1.25 bits per heavy atom. The van der Waals surface area contributed by atoms with Crippen LogP contribution in [0.25, 0.3) is 32.7 Å². The number of rotatable bonds is 7. The number of para-hydroxylation sites is 2. The predicted molar refractivity (Wildman–Crippen MR) is 202 cm³/mol. The second-order valence-corrected chi connectivity index (χ2v) is 11.2. The van der Waals surface area contributed by atoms with Gasteiger partial charge in [-0.2, -0.15) is 15.0 Å². The topological polar surface area (TPSA) is 274 Å². The molecule has 0 amide bonds. The van der Waals surface area contributed by atoms with E-state index in [0.29, 0.717) is 24.3 Å². The fourth-order valence-corrected chi connectivity index (χ4v) is 4.97. The molecule has 0 saturated heterocycles. The van der Waals surface area contributed by atoms with Gasteiger partial charge in [-0.25, -0.2) is 24.9 Å². The first kappa shape index (κ1) is 37.1. The molecule has 0 aliphatic rings. The molecule has 16 nitrogen and oxygen atoms in total. The number of benzene rings is 3. The van der Waals surface area contributed by atoms with Gasteiger partial charge in [-0.1, -0.05) is 30.3 Å².